The first-order chi connectivity index (χ1) is 8.13. The van der Waals surface area contributed by atoms with Crippen molar-refractivity contribution in [3.63, 3.8) is 0 Å². The first-order valence-electron chi connectivity index (χ1n) is 5.51. The Hall–Kier alpha value is -1.62. The Labute approximate surface area is 98.3 Å². The number of halogens is 1. The summed E-state index contributed by atoms with van der Waals surface area (Å²) in [6.07, 6.45) is 0.140. The molecule has 2 N–H and O–H groups in total. The molecule has 1 aliphatic heterocycles. The molecule has 0 saturated carbocycles. The molecule has 1 amide bonds. The first-order valence-corrected chi connectivity index (χ1v) is 5.51. The van der Waals surface area contributed by atoms with Crippen LogP contribution in [-0.2, 0) is 0 Å². The minimum Gasteiger partial charge on any atom is -0.465 e. The van der Waals surface area contributed by atoms with Crippen LogP contribution >= 0.6 is 0 Å². The van der Waals surface area contributed by atoms with Crippen LogP contribution in [0.1, 0.15) is 24.4 Å². The van der Waals surface area contributed by atoms with Gasteiger partial charge in [0.05, 0.1) is 18.7 Å². The third kappa shape index (κ3) is 2.24. The zero-order valence-electron chi connectivity index (χ0n) is 9.21. The van der Waals surface area contributed by atoms with Crippen LogP contribution in [0.15, 0.2) is 24.3 Å². The molecule has 1 aliphatic rings. The van der Waals surface area contributed by atoms with Gasteiger partial charge in [0.15, 0.2) is 0 Å². The Morgan fingerprint density at radius 2 is 2.24 bits per heavy atom. The Bertz CT molecular complexity index is 424. The topological polar surface area (TPSA) is 60.8 Å². The number of carbonyl (C=O) groups is 1. The molecule has 1 saturated heterocycles. The van der Waals surface area contributed by atoms with Gasteiger partial charge in [0, 0.05) is 0 Å². The van der Waals surface area contributed by atoms with E-state index in [0.717, 1.165) is 0 Å². The van der Waals surface area contributed by atoms with Crippen molar-refractivity contribution in [2.75, 3.05) is 6.61 Å². The third-order valence-corrected chi connectivity index (χ3v) is 3.17. The van der Waals surface area contributed by atoms with Crippen molar-refractivity contribution >= 4 is 6.09 Å². The van der Waals surface area contributed by atoms with Gasteiger partial charge in [-0.25, -0.2) is 9.18 Å². The third-order valence-electron chi connectivity index (χ3n) is 3.17. The lowest BCUT2D eigenvalue weighted by molar-refractivity contribution is 0.0997. The monoisotopic (exact) mass is 239 g/mol. The molecular formula is C12H14FNO3. The van der Waals surface area contributed by atoms with Crippen LogP contribution in [-0.4, -0.2) is 33.9 Å². The highest BCUT2D eigenvalue weighted by Crippen LogP contribution is 2.36. The number of carboxylic acid groups (broad SMARTS) is 1. The summed E-state index contributed by atoms with van der Waals surface area (Å²) in [5.41, 5.74) is 0.642. The number of nitrogens with zero attached hydrogens (tertiary/aromatic N) is 1. The molecule has 4 nitrogen and oxygen atoms in total. The molecule has 17 heavy (non-hydrogen) atoms. The molecule has 1 aromatic rings. The number of hydrogen-bond donors (Lipinski definition) is 2. The number of rotatable bonds is 2. The molecule has 0 aliphatic carbocycles. The van der Waals surface area contributed by atoms with Crippen LogP contribution in [0.5, 0.6) is 0 Å². The minimum absolute atomic E-state index is 0.196. The number of hydrogen-bond acceptors (Lipinski definition) is 2. The van der Waals surface area contributed by atoms with E-state index in [0.29, 0.717) is 18.4 Å². The summed E-state index contributed by atoms with van der Waals surface area (Å²) in [7, 11) is 0. The molecule has 5 heteroatoms. The summed E-state index contributed by atoms with van der Waals surface area (Å²) < 4.78 is 13.1. The van der Waals surface area contributed by atoms with E-state index in [1.807, 2.05) is 0 Å². The highest BCUT2D eigenvalue weighted by molar-refractivity contribution is 5.66. The largest absolute Gasteiger partial charge is 0.465 e. The smallest absolute Gasteiger partial charge is 0.408 e. The Balaban J connectivity index is 2.29. The van der Waals surface area contributed by atoms with Crippen molar-refractivity contribution in [3.8, 4) is 0 Å². The fraction of sp³-hybridized carbons (Fsp3) is 0.417. The lowest BCUT2D eigenvalue weighted by Crippen LogP contribution is -2.38. The Morgan fingerprint density at radius 1 is 1.47 bits per heavy atom. The molecular weight excluding hydrogens is 225 g/mol. The van der Waals surface area contributed by atoms with Gasteiger partial charge in [0.25, 0.3) is 0 Å². The van der Waals surface area contributed by atoms with Crippen molar-refractivity contribution in [1.82, 2.24) is 4.90 Å². The summed E-state index contributed by atoms with van der Waals surface area (Å²) >= 11 is 0. The normalized spacial score (nSPS) is 24.0. The van der Waals surface area contributed by atoms with Gasteiger partial charge in [-0.3, -0.25) is 4.90 Å². The van der Waals surface area contributed by atoms with E-state index in [1.165, 1.54) is 17.0 Å². The number of benzene rings is 1. The summed E-state index contributed by atoms with van der Waals surface area (Å²) in [5.74, 6) is -0.375. The SMILES string of the molecule is O=C(O)N1[C@@H](CO)CC[C@H]1c1cccc(F)c1. The number of aliphatic hydroxyl groups is 1. The van der Waals surface area contributed by atoms with E-state index in [1.54, 1.807) is 12.1 Å². The van der Waals surface area contributed by atoms with Crippen LogP contribution in [0.3, 0.4) is 0 Å². The Kier molecular flexibility index (Phi) is 3.28. The second kappa shape index (κ2) is 4.71. The highest BCUT2D eigenvalue weighted by atomic mass is 19.1. The molecule has 1 aromatic carbocycles. The number of amides is 1. The van der Waals surface area contributed by atoms with E-state index >= 15 is 0 Å². The van der Waals surface area contributed by atoms with Crippen molar-refractivity contribution in [2.45, 2.75) is 24.9 Å². The van der Waals surface area contributed by atoms with Crippen LogP contribution in [0, 0.1) is 5.82 Å². The summed E-state index contributed by atoms with van der Waals surface area (Å²) in [6.45, 7) is -0.196. The van der Waals surface area contributed by atoms with Gasteiger partial charge >= 0.3 is 6.09 Å². The lowest BCUT2D eigenvalue weighted by Gasteiger charge is -2.26. The molecule has 0 spiro atoms. The predicted octanol–water partition coefficient (Wildman–Crippen LogP) is 2.00. The standard InChI is InChI=1S/C12H14FNO3/c13-9-3-1-2-8(6-9)11-5-4-10(7-15)14(11)12(16)17/h1-3,6,10-11,15H,4-5,7H2,(H,16,17)/t10-,11+/m1/s1. The van der Waals surface area contributed by atoms with Crippen molar-refractivity contribution in [2.24, 2.45) is 0 Å². The molecule has 2 atom stereocenters. The predicted molar refractivity (Wildman–Crippen MR) is 59.1 cm³/mol. The summed E-state index contributed by atoms with van der Waals surface area (Å²) in [6, 6.07) is 5.20. The molecule has 0 unspecified atom stereocenters. The second-order valence-corrected chi connectivity index (χ2v) is 4.17. The van der Waals surface area contributed by atoms with E-state index < -0.39 is 6.09 Å². The molecule has 1 heterocycles. The van der Waals surface area contributed by atoms with Crippen molar-refractivity contribution in [3.05, 3.63) is 35.6 Å². The molecule has 92 valence electrons. The van der Waals surface area contributed by atoms with Crippen molar-refractivity contribution in [1.29, 1.82) is 0 Å². The van der Waals surface area contributed by atoms with Gasteiger partial charge in [-0.15, -0.1) is 0 Å². The Morgan fingerprint density at radius 3 is 2.82 bits per heavy atom. The number of likely N-dealkylation sites (tertiary alicyclic amines) is 1. The molecule has 0 aromatic heterocycles. The quantitative estimate of drug-likeness (QED) is 0.829. The van der Waals surface area contributed by atoms with Gasteiger partial charge < -0.3 is 10.2 Å². The summed E-state index contributed by atoms with van der Waals surface area (Å²) in [4.78, 5) is 12.4. The minimum atomic E-state index is -1.07. The maximum atomic E-state index is 13.1. The zero-order valence-corrected chi connectivity index (χ0v) is 9.21. The fourth-order valence-electron chi connectivity index (χ4n) is 2.39. The first kappa shape index (κ1) is 11.9. The highest BCUT2D eigenvalue weighted by Gasteiger charge is 2.37. The van der Waals surface area contributed by atoms with Crippen LogP contribution in [0.25, 0.3) is 0 Å². The molecule has 0 bridgehead atoms. The van der Waals surface area contributed by atoms with E-state index in [9.17, 15) is 9.18 Å². The van der Waals surface area contributed by atoms with Crippen LogP contribution < -0.4 is 0 Å². The molecule has 0 radical (unpaired) electrons. The fourth-order valence-corrected chi connectivity index (χ4v) is 2.39. The number of aliphatic hydroxyl groups excluding tert-OH is 1. The average Bonchev–Trinajstić information content (AvgIpc) is 2.72. The van der Waals surface area contributed by atoms with Crippen LogP contribution in [0.2, 0.25) is 0 Å². The van der Waals surface area contributed by atoms with Gasteiger partial charge in [-0.05, 0) is 30.5 Å². The summed E-state index contributed by atoms with van der Waals surface area (Å²) in [5, 5.41) is 18.3. The maximum absolute atomic E-state index is 13.1. The molecule has 1 fully saturated rings. The van der Waals surface area contributed by atoms with Gasteiger partial charge in [-0.2, -0.15) is 0 Å². The zero-order chi connectivity index (χ0) is 12.4. The second-order valence-electron chi connectivity index (χ2n) is 4.17. The van der Waals surface area contributed by atoms with E-state index in [2.05, 4.69) is 0 Å². The molecule has 2 rings (SSSR count). The van der Waals surface area contributed by atoms with Gasteiger partial charge in [-0.1, -0.05) is 12.1 Å². The van der Waals surface area contributed by atoms with E-state index in [4.69, 9.17) is 10.2 Å². The lowest BCUT2D eigenvalue weighted by atomic mass is 10.0. The van der Waals surface area contributed by atoms with Gasteiger partial charge in [0.2, 0.25) is 0 Å². The average molecular weight is 239 g/mol. The maximum Gasteiger partial charge on any atom is 0.408 e. The van der Waals surface area contributed by atoms with Crippen LogP contribution in [0.4, 0.5) is 9.18 Å². The van der Waals surface area contributed by atoms with Crippen molar-refractivity contribution < 1.29 is 19.4 Å². The van der Waals surface area contributed by atoms with Gasteiger partial charge in [0.1, 0.15) is 5.82 Å². The van der Waals surface area contributed by atoms with E-state index in [-0.39, 0.29) is 24.5 Å².